The lowest BCUT2D eigenvalue weighted by molar-refractivity contribution is 0.127. The molecule has 0 amide bonds. The van der Waals surface area contributed by atoms with Crippen LogP contribution in [0, 0.1) is 5.92 Å². The maximum Gasteiger partial charge on any atom is 0.139 e. The van der Waals surface area contributed by atoms with Crippen molar-refractivity contribution in [2.75, 3.05) is 0 Å². The Balaban J connectivity index is 2.86. The number of hydrogen-bond donors (Lipinski definition) is 3. The van der Waals surface area contributed by atoms with Crippen molar-refractivity contribution >= 4 is 23.2 Å². The molecule has 0 aliphatic rings. The molecule has 0 saturated heterocycles. The van der Waals surface area contributed by atoms with Gasteiger partial charge in [0.05, 0.1) is 17.2 Å². The number of halogens is 2. The summed E-state index contributed by atoms with van der Waals surface area (Å²) in [6, 6.07) is 2.28. The first kappa shape index (κ1) is 15.6. The zero-order valence-corrected chi connectivity index (χ0v) is 12.0. The van der Waals surface area contributed by atoms with Crippen molar-refractivity contribution in [3.63, 3.8) is 0 Å². The van der Waals surface area contributed by atoms with Gasteiger partial charge in [0.25, 0.3) is 0 Å². The number of hydrogen-bond acceptors (Lipinski definition) is 3. The molecule has 0 spiro atoms. The Hall–Kier alpha value is -0.480. The van der Waals surface area contributed by atoms with E-state index in [2.05, 4.69) is 13.8 Å². The van der Waals surface area contributed by atoms with Crippen LogP contribution in [0.1, 0.15) is 38.3 Å². The Bertz CT molecular complexity index is 410. The van der Waals surface area contributed by atoms with Crippen molar-refractivity contribution in [1.29, 1.82) is 0 Å². The summed E-state index contributed by atoms with van der Waals surface area (Å²) in [5.41, 5.74) is 6.31. The molecule has 0 radical (unpaired) electrons. The second kappa shape index (κ2) is 6.62. The van der Waals surface area contributed by atoms with Crippen molar-refractivity contribution in [3.05, 3.63) is 27.7 Å². The van der Waals surface area contributed by atoms with Gasteiger partial charge in [-0.25, -0.2) is 0 Å². The van der Waals surface area contributed by atoms with Crippen LogP contribution in [0.15, 0.2) is 12.1 Å². The predicted octanol–water partition coefficient (Wildman–Crippen LogP) is 3.50. The molecule has 1 aromatic carbocycles. The number of benzene rings is 1. The maximum absolute atomic E-state index is 10.0. The van der Waals surface area contributed by atoms with Crippen molar-refractivity contribution < 1.29 is 10.2 Å². The van der Waals surface area contributed by atoms with E-state index >= 15 is 0 Å². The molecule has 1 rings (SSSR count). The molecule has 4 N–H and O–H groups in total. The molecule has 0 aliphatic heterocycles. The van der Waals surface area contributed by atoms with Gasteiger partial charge in [-0.05, 0) is 30.9 Å². The first-order chi connectivity index (χ1) is 8.32. The summed E-state index contributed by atoms with van der Waals surface area (Å²) in [5, 5.41) is 20.4. The molecular formula is C13H19Cl2NO2. The number of phenols is 1. The molecular weight excluding hydrogens is 273 g/mol. The Morgan fingerprint density at radius 3 is 2.39 bits per heavy atom. The van der Waals surface area contributed by atoms with Gasteiger partial charge < -0.3 is 15.9 Å². The van der Waals surface area contributed by atoms with E-state index in [1.807, 2.05) is 0 Å². The van der Waals surface area contributed by atoms with Gasteiger partial charge in [0, 0.05) is 10.6 Å². The molecule has 0 aliphatic carbocycles. The number of aliphatic hydroxyl groups excluding tert-OH is 1. The van der Waals surface area contributed by atoms with Crippen LogP contribution in [0.2, 0.25) is 10.0 Å². The third-order valence-electron chi connectivity index (χ3n) is 2.87. The van der Waals surface area contributed by atoms with Crippen molar-refractivity contribution in [3.8, 4) is 5.75 Å². The fourth-order valence-corrected chi connectivity index (χ4v) is 2.24. The van der Waals surface area contributed by atoms with Gasteiger partial charge in [-0.2, -0.15) is 0 Å². The summed E-state index contributed by atoms with van der Waals surface area (Å²) < 4.78 is 0. The highest BCUT2D eigenvalue weighted by Gasteiger charge is 2.22. The molecule has 2 atom stereocenters. The van der Waals surface area contributed by atoms with E-state index < -0.39 is 12.1 Å². The fraction of sp³-hybridized carbons (Fsp3) is 0.538. The van der Waals surface area contributed by atoms with Crippen LogP contribution >= 0.6 is 23.2 Å². The average Bonchev–Trinajstić information content (AvgIpc) is 2.29. The second-order valence-corrected chi connectivity index (χ2v) is 5.73. The Labute approximate surface area is 118 Å². The summed E-state index contributed by atoms with van der Waals surface area (Å²) in [5.74, 6) is 0.376. The van der Waals surface area contributed by atoms with E-state index in [0.29, 0.717) is 22.9 Å². The van der Waals surface area contributed by atoms with Gasteiger partial charge in [0.2, 0.25) is 0 Å². The molecule has 102 valence electrons. The quantitative estimate of drug-likeness (QED) is 0.778. The molecule has 5 heteroatoms. The highest BCUT2D eigenvalue weighted by Crippen LogP contribution is 2.35. The molecule has 0 saturated carbocycles. The zero-order valence-electron chi connectivity index (χ0n) is 10.5. The predicted molar refractivity (Wildman–Crippen MR) is 75.1 cm³/mol. The summed E-state index contributed by atoms with van der Waals surface area (Å²) in [4.78, 5) is 0. The van der Waals surface area contributed by atoms with Crippen molar-refractivity contribution in [2.45, 2.75) is 38.8 Å². The van der Waals surface area contributed by atoms with Crippen LogP contribution in [0.4, 0.5) is 0 Å². The second-order valence-electron chi connectivity index (χ2n) is 4.89. The normalized spacial score (nSPS) is 14.8. The molecule has 0 unspecified atom stereocenters. The van der Waals surface area contributed by atoms with Crippen LogP contribution in [0.3, 0.4) is 0 Å². The van der Waals surface area contributed by atoms with Crippen LogP contribution in [-0.2, 0) is 0 Å². The molecule has 3 nitrogen and oxygen atoms in total. The van der Waals surface area contributed by atoms with Crippen LogP contribution in [0.5, 0.6) is 5.75 Å². The van der Waals surface area contributed by atoms with Crippen LogP contribution in [0.25, 0.3) is 0 Å². The molecule has 18 heavy (non-hydrogen) atoms. The standard InChI is InChI=1S/C13H19Cl2NO2/c1-7(2)3-4-11(17)12(16)9-5-8(14)6-10(15)13(9)18/h5-7,11-12,17-18H,3-4,16H2,1-2H3/t11-,12+/m1/s1. The minimum atomic E-state index is -0.729. The summed E-state index contributed by atoms with van der Waals surface area (Å²) in [6.45, 7) is 4.15. The van der Waals surface area contributed by atoms with Crippen molar-refractivity contribution in [2.24, 2.45) is 11.7 Å². The number of aromatic hydroxyl groups is 1. The first-order valence-corrected chi connectivity index (χ1v) is 6.70. The van der Waals surface area contributed by atoms with Gasteiger partial charge >= 0.3 is 0 Å². The lowest BCUT2D eigenvalue weighted by Crippen LogP contribution is -2.26. The lowest BCUT2D eigenvalue weighted by Gasteiger charge is -2.21. The first-order valence-electron chi connectivity index (χ1n) is 5.94. The highest BCUT2D eigenvalue weighted by atomic mass is 35.5. The minimum Gasteiger partial charge on any atom is -0.506 e. The van der Waals surface area contributed by atoms with Gasteiger partial charge in [0.15, 0.2) is 0 Å². The van der Waals surface area contributed by atoms with E-state index in [9.17, 15) is 10.2 Å². The SMILES string of the molecule is CC(C)CC[C@@H](O)[C@@H](N)c1cc(Cl)cc(Cl)c1O. The van der Waals surface area contributed by atoms with Crippen LogP contribution < -0.4 is 5.73 Å². The van der Waals surface area contributed by atoms with Crippen LogP contribution in [-0.4, -0.2) is 16.3 Å². The summed E-state index contributed by atoms with van der Waals surface area (Å²) in [6.07, 6.45) is 0.708. The monoisotopic (exact) mass is 291 g/mol. The number of phenolic OH excluding ortho intramolecular Hbond substituents is 1. The third-order valence-corrected chi connectivity index (χ3v) is 3.38. The van der Waals surface area contributed by atoms with E-state index in [-0.39, 0.29) is 10.8 Å². The molecule has 1 aromatic rings. The highest BCUT2D eigenvalue weighted by molar-refractivity contribution is 6.35. The maximum atomic E-state index is 10.0. The van der Waals surface area contributed by atoms with E-state index in [1.165, 1.54) is 12.1 Å². The minimum absolute atomic E-state index is 0.114. The zero-order chi connectivity index (χ0) is 13.9. The number of rotatable bonds is 5. The lowest BCUT2D eigenvalue weighted by atomic mass is 9.95. The molecule has 0 bridgehead atoms. The van der Waals surface area contributed by atoms with E-state index in [0.717, 1.165) is 6.42 Å². The van der Waals surface area contributed by atoms with Gasteiger partial charge in [-0.15, -0.1) is 0 Å². The number of aliphatic hydroxyl groups is 1. The van der Waals surface area contributed by atoms with Gasteiger partial charge in [-0.1, -0.05) is 37.0 Å². The topological polar surface area (TPSA) is 66.5 Å². The van der Waals surface area contributed by atoms with Gasteiger partial charge in [-0.3, -0.25) is 0 Å². The Morgan fingerprint density at radius 2 is 1.83 bits per heavy atom. The van der Waals surface area contributed by atoms with E-state index in [1.54, 1.807) is 0 Å². The largest absolute Gasteiger partial charge is 0.506 e. The fourth-order valence-electron chi connectivity index (χ4n) is 1.73. The average molecular weight is 292 g/mol. The van der Waals surface area contributed by atoms with Gasteiger partial charge in [0.1, 0.15) is 5.75 Å². The van der Waals surface area contributed by atoms with E-state index in [4.69, 9.17) is 28.9 Å². The Kier molecular flexibility index (Phi) is 5.73. The molecule has 0 fully saturated rings. The summed E-state index contributed by atoms with van der Waals surface area (Å²) in [7, 11) is 0. The smallest absolute Gasteiger partial charge is 0.139 e. The third kappa shape index (κ3) is 4.02. The van der Waals surface area contributed by atoms with Crippen molar-refractivity contribution in [1.82, 2.24) is 0 Å². The molecule has 0 aromatic heterocycles. The summed E-state index contributed by atoms with van der Waals surface area (Å²) >= 11 is 11.7. The molecule has 0 heterocycles. The number of nitrogens with two attached hydrogens (primary N) is 1. The Morgan fingerprint density at radius 1 is 1.22 bits per heavy atom.